The van der Waals surface area contributed by atoms with Crippen molar-refractivity contribution in [3.63, 3.8) is 0 Å². The second kappa shape index (κ2) is 9.64. The maximum absolute atomic E-state index is 12.8. The van der Waals surface area contributed by atoms with E-state index in [1.54, 1.807) is 43.5 Å². The first kappa shape index (κ1) is 21.5. The largest absolute Gasteiger partial charge is 0.497 e. The first-order valence-corrected chi connectivity index (χ1v) is 10.5. The van der Waals surface area contributed by atoms with E-state index < -0.39 is 0 Å². The Morgan fingerprint density at radius 2 is 1.81 bits per heavy atom. The lowest BCUT2D eigenvalue weighted by Gasteiger charge is -2.27. The van der Waals surface area contributed by atoms with E-state index in [0.29, 0.717) is 43.2 Å². The van der Waals surface area contributed by atoms with E-state index in [9.17, 15) is 9.59 Å². The van der Waals surface area contributed by atoms with Gasteiger partial charge >= 0.3 is 0 Å². The second-order valence-electron chi connectivity index (χ2n) is 7.46. The monoisotopic (exact) mass is 438 g/mol. The Labute approximate surface area is 186 Å². The van der Waals surface area contributed by atoms with Crippen molar-refractivity contribution in [3.05, 3.63) is 53.6 Å². The minimum Gasteiger partial charge on any atom is -0.497 e. The summed E-state index contributed by atoms with van der Waals surface area (Å²) in [6.45, 7) is 1.26. The first-order chi connectivity index (χ1) is 15.6. The number of hydrogen-bond donors (Lipinski definition) is 0. The molecule has 8 nitrogen and oxygen atoms in total. The lowest BCUT2D eigenvalue weighted by Crippen LogP contribution is -2.44. The van der Waals surface area contributed by atoms with E-state index in [1.165, 1.54) is 11.1 Å². The number of benzene rings is 2. The van der Waals surface area contributed by atoms with Crippen LogP contribution in [-0.2, 0) is 16.0 Å². The number of rotatable bonds is 7. The SMILES string of the molecule is COc1ccc(OC)c(/C=C/C(=O)N2CCCN2C(=O)CCc2ccc3c(c2)OCO3)c1. The van der Waals surface area contributed by atoms with E-state index in [-0.39, 0.29) is 18.6 Å². The molecule has 0 aromatic heterocycles. The summed E-state index contributed by atoms with van der Waals surface area (Å²) in [4.78, 5) is 25.7. The first-order valence-electron chi connectivity index (χ1n) is 10.5. The van der Waals surface area contributed by atoms with Crippen molar-refractivity contribution < 1.29 is 28.5 Å². The second-order valence-corrected chi connectivity index (χ2v) is 7.46. The van der Waals surface area contributed by atoms with Crippen molar-refractivity contribution in [1.29, 1.82) is 0 Å². The summed E-state index contributed by atoms with van der Waals surface area (Å²) in [7, 11) is 3.15. The summed E-state index contributed by atoms with van der Waals surface area (Å²) in [5.74, 6) is 2.39. The molecule has 1 saturated heterocycles. The predicted molar refractivity (Wildman–Crippen MR) is 118 cm³/mol. The van der Waals surface area contributed by atoms with Gasteiger partial charge in [-0.1, -0.05) is 6.07 Å². The van der Waals surface area contributed by atoms with Gasteiger partial charge in [-0.3, -0.25) is 14.6 Å². The van der Waals surface area contributed by atoms with Crippen LogP contribution in [0.4, 0.5) is 0 Å². The van der Waals surface area contributed by atoms with Crippen LogP contribution < -0.4 is 18.9 Å². The molecule has 0 atom stereocenters. The van der Waals surface area contributed by atoms with Gasteiger partial charge in [0.15, 0.2) is 11.5 Å². The Balaban J connectivity index is 1.39. The molecule has 2 aromatic carbocycles. The molecule has 0 aliphatic carbocycles. The summed E-state index contributed by atoms with van der Waals surface area (Å²) in [6.07, 6.45) is 4.75. The predicted octanol–water partition coefficient (Wildman–Crippen LogP) is 3.05. The normalized spacial score (nSPS) is 14.8. The lowest BCUT2D eigenvalue weighted by atomic mass is 10.1. The number of ether oxygens (including phenoxy) is 4. The van der Waals surface area contributed by atoms with E-state index >= 15 is 0 Å². The number of methoxy groups -OCH3 is 2. The number of carbonyl (C=O) groups excluding carboxylic acids is 2. The number of aryl methyl sites for hydroxylation is 1. The fourth-order valence-electron chi connectivity index (χ4n) is 3.79. The van der Waals surface area contributed by atoms with Gasteiger partial charge in [-0.25, -0.2) is 5.01 Å². The molecule has 2 aliphatic rings. The average Bonchev–Trinajstić information content (AvgIpc) is 3.50. The summed E-state index contributed by atoms with van der Waals surface area (Å²) in [5, 5.41) is 3.05. The van der Waals surface area contributed by atoms with Gasteiger partial charge in [0.2, 0.25) is 12.7 Å². The molecule has 2 amide bonds. The topological polar surface area (TPSA) is 77.5 Å². The molecule has 8 heteroatoms. The Bertz CT molecular complexity index is 1040. The zero-order chi connectivity index (χ0) is 22.5. The van der Waals surface area contributed by atoms with E-state index in [1.807, 2.05) is 18.2 Å². The molecule has 2 aromatic rings. The van der Waals surface area contributed by atoms with Crippen LogP contribution in [0.3, 0.4) is 0 Å². The third kappa shape index (κ3) is 4.64. The Morgan fingerprint density at radius 1 is 1.00 bits per heavy atom. The lowest BCUT2D eigenvalue weighted by molar-refractivity contribution is -0.154. The van der Waals surface area contributed by atoms with Gasteiger partial charge in [-0.05, 0) is 54.8 Å². The fraction of sp³-hybridized carbons (Fsp3) is 0.333. The molecule has 0 spiro atoms. The van der Waals surface area contributed by atoms with Gasteiger partial charge in [0.1, 0.15) is 11.5 Å². The van der Waals surface area contributed by atoms with Crippen molar-refractivity contribution >= 4 is 17.9 Å². The molecule has 0 saturated carbocycles. The zero-order valence-corrected chi connectivity index (χ0v) is 18.2. The zero-order valence-electron chi connectivity index (χ0n) is 18.2. The number of fused-ring (bicyclic) bond motifs is 1. The maximum atomic E-state index is 12.8. The highest BCUT2D eigenvalue weighted by molar-refractivity contribution is 5.94. The Hall–Kier alpha value is -3.68. The minimum atomic E-state index is -0.246. The number of hydrogen-bond acceptors (Lipinski definition) is 6. The molecule has 4 rings (SSSR count). The smallest absolute Gasteiger partial charge is 0.265 e. The fourth-order valence-corrected chi connectivity index (χ4v) is 3.79. The molecule has 0 radical (unpaired) electrons. The molecule has 1 fully saturated rings. The molecule has 2 heterocycles. The van der Waals surface area contributed by atoms with E-state index in [0.717, 1.165) is 23.3 Å². The standard InChI is InChI=1S/C24H26N2O6/c1-29-19-7-9-20(30-2)18(15-19)6-11-24(28)26-13-3-12-25(26)23(27)10-5-17-4-8-21-22(14-17)32-16-31-21/h4,6-9,11,14-15H,3,5,10,12-13,16H2,1-2H3/b11-6+. The average molecular weight is 438 g/mol. The third-order valence-electron chi connectivity index (χ3n) is 5.48. The maximum Gasteiger partial charge on any atom is 0.265 e. The van der Waals surface area contributed by atoms with Crippen molar-refractivity contribution in [3.8, 4) is 23.0 Å². The van der Waals surface area contributed by atoms with Crippen LogP contribution in [-0.4, -0.2) is 55.9 Å². The van der Waals surface area contributed by atoms with E-state index in [2.05, 4.69) is 0 Å². The summed E-state index contributed by atoms with van der Waals surface area (Å²) < 4.78 is 21.3. The van der Waals surface area contributed by atoms with E-state index in [4.69, 9.17) is 18.9 Å². The van der Waals surface area contributed by atoms with Crippen LogP contribution in [0.25, 0.3) is 6.08 Å². The molecule has 0 N–H and O–H groups in total. The van der Waals surface area contributed by atoms with Crippen molar-refractivity contribution in [2.75, 3.05) is 34.1 Å². The number of nitrogens with zero attached hydrogens (tertiary/aromatic N) is 2. The van der Waals surface area contributed by atoms with Crippen molar-refractivity contribution in [2.24, 2.45) is 0 Å². The third-order valence-corrected chi connectivity index (χ3v) is 5.48. The summed E-state index contributed by atoms with van der Waals surface area (Å²) in [6, 6.07) is 11.0. The van der Waals surface area contributed by atoms with Gasteiger partial charge < -0.3 is 18.9 Å². The Kier molecular flexibility index (Phi) is 6.49. The van der Waals surface area contributed by atoms with Crippen LogP contribution in [0.15, 0.2) is 42.5 Å². The van der Waals surface area contributed by atoms with Crippen molar-refractivity contribution in [2.45, 2.75) is 19.3 Å². The molecule has 2 aliphatic heterocycles. The van der Waals surface area contributed by atoms with Gasteiger partial charge in [0.25, 0.3) is 5.91 Å². The minimum absolute atomic E-state index is 0.0825. The van der Waals surface area contributed by atoms with Crippen LogP contribution in [0.1, 0.15) is 24.0 Å². The summed E-state index contributed by atoms with van der Waals surface area (Å²) in [5.41, 5.74) is 1.71. The Morgan fingerprint density at radius 3 is 2.62 bits per heavy atom. The molecule has 168 valence electrons. The van der Waals surface area contributed by atoms with Crippen LogP contribution >= 0.6 is 0 Å². The molecule has 32 heavy (non-hydrogen) atoms. The number of amides is 2. The number of hydrazine groups is 1. The highest BCUT2D eigenvalue weighted by Gasteiger charge is 2.29. The van der Waals surface area contributed by atoms with Crippen LogP contribution in [0, 0.1) is 0 Å². The van der Waals surface area contributed by atoms with Gasteiger partial charge in [0, 0.05) is 31.1 Å². The molecule has 0 unspecified atom stereocenters. The molecular weight excluding hydrogens is 412 g/mol. The van der Waals surface area contributed by atoms with Crippen LogP contribution in [0.2, 0.25) is 0 Å². The highest BCUT2D eigenvalue weighted by atomic mass is 16.7. The quantitative estimate of drug-likeness (QED) is 0.619. The van der Waals surface area contributed by atoms with Gasteiger partial charge in [-0.15, -0.1) is 0 Å². The van der Waals surface area contributed by atoms with Gasteiger partial charge in [-0.2, -0.15) is 0 Å². The van der Waals surface area contributed by atoms with Crippen molar-refractivity contribution in [1.82, 2.24) is 10.0 Å². The van der Waals surface area contributed by atoms with Crippen LogP contribution in [0.5, 0.6) is 23.0 Å². The molecular formula is C24H26N2O6. The molecule has 0 bridgehead atoms. The number of carbonyl (C=O) groups is 2. The highest BCUT2D eigenvalue weighted by Crippen LogP contribution is 2.33. The summed E-state index contributed by atoms with van der Waals surface area (Å²) >= 11 is 0. The van der Waals surface area contributed by atoms with Gasteiger partial charge in [0.05, 0.1) is 14.2 Å².